The smallest absolute Gasteiger partial charge is 0.340 e. The van der Waals surface area contributed by atoms with Crippen molar-refractivity contribution in [3.63, 3.8) is 0 Å². The number of carboxylic acids is 1. The van der Waals surface area contributed by atoms with E-state index in [1.807, 2.05) is 13.8 Å². The van der Waals surface area contributed by atoms with Gasteiger partial charge in [0.25, 0.3) is 0 Å². The van der Waals surface area contributed by atoms with E-state index in [2.05, 4.69) is 0 Å². The molecule has 0 unspecified atom stereocenters. The average Bonchev–Trinajstić information content (AvgIpc) is 3.28. The van der Waals surface area contributed by atoms with E-state index < -0.39 is 11.8 Å². The van der Waals surface area contributed by atoms with Crippen molar-refractivity contribution >= 4 is 11.8 Å². The van der Waals surface area contributed by atoms with Gasteiger partial charge in [0.1, 0.15) is 23.7 Å². The van der Waals surface area contributed by atoms with Crippen LogP contribution in [-0.2, 0) is 21.0 Å². The molecule has 7 nitrogen and oxygen atoms in total. The van der Waals surface area contributed by atoms with E-state index in [-0.39, 0.29) is 36.0 Å². The van der Waals surface area contributed by atoms with Gasteiger partial charge in [0, 0.05) is 17.6 Å². The topological polar surface area (TPSA) is 91.3 Å². The molecule has 7 heteroatoms. The van der Waals surface area contributed by atoms with Gasteiger partial charge < -0.3 is 19.5 Å². The van der Waals surface area contributed by atoms with Gasteiger partial charge in [0.15, 0.2) is 11.5 Å². The maximum absolute atomic E-state index is 13.4. The minimum absolute atomic E-state index is 0.0177. The van der Waals surface area contributed by atoms with Crippen molar-refractivity contribution in [2.75, 3.05) is 13.7 Å². The molecule has 0 aliphatic carbocycles. The Morgan fingerprint density at radius 2 is 1.68 bits per heavy atom. The molecule has 2 aromatic rings. The van der Waals surface area contributed by atoms with Gasteiger partial charge in [-0.15, -0.1) is 0 Å². The Bertz CT molecular complexity index is 999. The zero-order valence-corrected chi connectivity index (χ0v) is 17.6. The fourth-order valence-corrected chi connectivity index (χ4v) is 3.13. The van der Waals surface area contributed by atoms with Gasteiger partial charge in [-0.1, -0.05) is 12.1 Å². The fourth-order valence-electron chi connectivity index (χ4n) is 3.13. The Labute approximate surface area is 180 Å². The van der Waals surface area contributed by atoms with E-state index in [1.165, 1.54) is 13.2 Å². The molecule has 1 heterocycles. The molecule has 0 bridgehead atoms. The quantitative estimate of drug-likeness (QED) is 0.368. The molecular weight excluding hydrogens is 400 g/mol. The summed E-state index contributed by atoms with van der Waals surface area (Å²) in [5.41, 5.74) is 0.966. The molecule has 1 aliphatic rings. The second-order valence-electron chi connectivity index (χ2n) is 7.14. The Hall–Kier alpha value is -3.58. The van der Waals surface area contributed by atoms with Gasteiger partial charge in [-0.25, -0.2) is 4.79 Å². The second-order valence-corrected chi connectivity index (χ2v) is 7.14. The minimum atomic E-state index is -1.27. The third-order valence-corrected chi connectivity index (χ3v) is 4.55. The average molecular weight is 424 g/mol. The summed E-state index contributed by atoms with van der Waals surface area (Å²) in [5, 5.41) is 9.88. The molecule has 3 rings (SSSR count). The molecule has 1 N–H and O–H groups in total. The minimum Gasteiger partial charge on any atom is -0.497 e. The summed E-state index contributed by atoms with van der Waals surface area (Å²) >= 11 is 0. The zero-order chi connectivity index (χ0) is 22.4. The first-order chi connectivity index (χ1) is 14.9. The van der Waals surface area contributed by atoms with E-state index in [0.29, 0.717) is 17.1 Å². The number of carbonyl (C=O) groups is 2. The van der Waals surface area contributed by atoms with Crippen molar-refractivity contribution in [2.24, 2.45) is 0 Å². The lowest BCUT2D eigenvalue weighted by molar-refractivity contribution is -0.231. The van der Waals surface area contributed by atoms with Crippen molar-refractivity contribution in [3.8, 4) is 11.5 Å². The number of benzene rings is 2. The van der Waals surface area contributed by atoms with Crippen LogP contribution in [0, 0.1) is 0 Å². The van der Waals surface area contributed by atoms with Crippen LogP contribution < -0.4 is 9.47 Å². The Morgan fingerprint density at radius 3 is 2.19 bits per heavy atom. The largest absolute Gasteiger partial charge is 0.497 e. The van der Waals surface area contributed by atoms with E-state index >= 15 is 0 Å². The van der Waals surface area contributed by atoms with Gasteiger partial charge in [-0.2, -0.15) is 4.89 Å². The summed E-state index contributed by atoms with van der Waals surface area (Å²) in [4.78, 5) is 35.3. The zero-order valence-electron chi connectivity index (χ0n) is 17.6. The lowest BCUT2D eigenvalue weighted by Crippen LogP contribution is -2.16. The van der Waals surface area contributed by atoms with Crippen molar-refractivity contribution in [3.05, 3.63) is 82.6 Å². The highest BCUT2D eigenvalue weighted by Gasteiger charge is 2.28. The van der Waals surface area contributed by atoms with Crippen LogP contribution in [0.4, 0.5) is 0 Å². The first kappa shape index (κ1) is 22.1. The van der Waals surface area contributed by atoms with Crippen LogP contribution in [0.2, 0.25) is 0 Å². The number of allylic oxidation sites excluding steroid dienone is 1. The summed E-state index contributed by atoms with van der Waals surface area (Å²) in [6.45, 7) is 3.97. The first-order valence-corrected chi connectivity index (χ1v) is 9.79. The monoisotopic (exact) mass is 424 g/mol. The third-order valence-electron chi connectivity index (χ3n) is 4.55. The normalized spacial score (nSPS) is 13.9. The van der Waals surface area contributed by atoms with Crippen LogP contribution in [0.15, 0.2) is 71.5 Å². The van der Waals surface area contributed by atoms with Gasteiger partial charge in [0.2, 0.25) is 0 Å². The Kier molecular flexibility index (Phi) is 7.10. The lowest BCUT2D eigenvalue weighted by Gasteiger charge is -2.14. The number of hydrogen-bond acceptors (Lipinski definition) is 6. The molecule has 0 radical (unpaired) electrons. The summed E-state index contributed by atoms with van der Waals surface area (Å²) in [5.74, 6) is -0.382. The predicted octanol–water partition coefficient (Wildman–Crippen LogP) is 4.13. The molecule has 0 atom stereocenters. The number of hydrogen-bond donors (Lipinski definition) is 1. The molecule has 162 valence electrons. The summed E-state index contributed by atoms with van der Waals surface area (Å²) in [7, 11) is 1.53. The predicted molar refractivity (Wildman–Crippen MR) is 113 cm³/mol. The van der Waals surface area contributed by atoms with Gasteiger partial charge in [-0.3, -0.25) is 4.79 Å². The fraction of sp³-hybridized carbons (Fsp3) is 0.250. The molecule has 0 saturated carbocycles. The van der Waals surface area contributed by atoms with Gasteiger partial charge in [0.05, 0.1) is 13.2 Å². The lowest BCUT2D eigenvalue weighted by atomic mass is 9.91. The summed E-state index contributed by atoms with van der Waals surface area (Å²) in [6.07, 6.45) is 1.61. The van der Waals surface area contributed by atoms with E-state index in [1.54, 1.807) is 48.5 Å². The number of rotatable bonds is 9. The maximum atomic E-state index is 13.4. The molecule has 0 fully saturated rings. The van der Waals surface area contributed by atoms with Crippen LogP contribution in [0.25, 0.3) is 0 Å². The van der Waals surface area contributed by atoms with Crippen molar-refractivity contribution in [1.29, 1.82) is 0 Å². The number of aliphatic carboxylic acids is 1. The molecular formula is C24H24O7. The number of ether oxygens (including phenoxy) is 2. The summed E-state index contributed by atoms with van der Waals surface area (Å²) in [6, 6.07) is 13.7. The molecule has 2 aromatic carbocycles. The first-order valence-electron chi connectivity index (χ1n) is 9.79. The van der Waals surface area contributed by atoms with E-state index in [4.69, 9.17) is 19.2 Å². The molecule has 0 saturated heterocycles. The van der Waals surface area contributed by atoms with E-state index in [0.717, 1.165) is 5.56 Å². The van der Waals surface area contributed by atoms with Gasteiger partial charge >= 0.3 is 5.97 Å². The van der Waals surface area contributed by atoms with Crippen LogP contribution in [0.3, 0.4) is 0 Å². The van der Waals surface area contributed by atoms with Crippen LogP contribution in [-0.4, -0.2) is 36.7 Å². The highest BCUT2D eigenvalue weighted by molar-refractivity contribution is 6.14. The van der Waals surface area contributed by atoms with E-state index in [9.17, 15) is 14.7 Å². The molecule has 0 spiro atoms. The molecule has 1 aliphatic heterocycles. The Balaban J connectivity index is 2.02. The molecule has 0 aromatic heterocycles. The second kappa shape index (κ2) is 9.95. The van der Waals surface area contributed by atoms with Gasteiger partial charge in [-0.05, 0) is 61.9 Å². The van der Waals surface area contributed by atoms with Crippen LogP contribution in [0.1, 0.15) is 29.8 Å². The molecule has 31 heavy (non-hydrogen) atoms. The third kappa shape index (κ3) is 5.52. The number of carboxylic acid groups (broad SMARTS) is 1. The SMILES string of the molecule is COc1ccc(C(=O)C(Cc2ccc(OC(C)C)cc2)=C(C(=O)O)C2=CCOO2)cc1. The van der Waals surface area contributed by atoms with Crippen LogP contribution >= 0.6 is 0 Å². The number of Topliss-reactive ketones (excluding diaryl/α,β-unsaturated/α-hetero) is 1. The summed E-state index contributed by atoms with van der Waals surface area (Å²) < 4.78 is 10.8. The number of methoxy groups -OCH3 is 1. The highest BCUT2D eigenvalue weighted by atomic mass is 17.2. The molecule has 0 amide bonds. The number of ketones is 1. The Morgan fingerprint density at radius 1 is 1.03 bits per heavy atom. The maximum Gasteiger partial charge on any atom is 0.340 e. The highest BCUT2D eigenvalue weighted by Crippen LogP contribution is 2.27. The standard InChI is InChI=1S/C24H24O7/c1-15(2)30-19-8-4-16(5-9-19)14-20(22(24(26)27)21-12-13-29-31-21)23(25)17-6-10-18(28-3)11-7-17/h4-12,15H,13-14H2,1-3H3,(H,26,27). The number of carbonyl (C=O) groups excluding carboxylic acids is 1. The van der Waals surface area contributed by atoms with Crippen molar-refractivity contribution < 1.29 is 33.9 Å². The van der Waals surface area contributed by atoms with Crippen molar-refractivity contribution in [2.45, 2.75) is 26.4 Å². The van der Waals surface area contributed by atoms with Crippen molar-refractivity contribution in [1.82, 2.24) is 0 Å². The van der Waals surface area contributed by atoms with Crippen LogP contribution in [0.5, 0.6) is 11.5 Å².